The van der Waals surface area contributed by atoms with Crippen molar-refractivity contribution in [1.82, 2.24) is 15.6 Å². The summed E-state index contributed by atoms with van der Waals surface area (Å²) in [6, 6.07) is 10.1. The maximum absolute atomic E-state index is 13.2. The molecule has 2 aromatic rings. The standard InChI is InChI=1S/C16H18ClFN4.HI/c1-2-19-16(21-9-12-4-3-5-14(18)8-12)22-11-13-6-7-15(17)20-10-13;/h3-8,10H,2,9,11H2,1H3,(H2,19,21,22);1H. The molecule has 0 aliphatic rings. The first-order valence-corrected chi connectivity index (χ1v) is 7.42. The smallest absolute Gasteiger partial charge is 0.191 e. The highest BCUT2D eigenvalue weighted by molar-refractivity contribution is 14.0. The molecule has 1 aromatic carbocycles. The normalized spacial score (nSPS) is 10.8. The van der Waals surface area contributed by atoms with Gasteiger partial charge in [0.1, 0.15) is 11.0 Å². The quantitative estimate of drug-likeness (QED) is 0.317. The van der Waals surface area contributed by atoms with Crippen molar-refractivity contribution in [2.24, 2.45) is 4.99 Å². The van der Waals surface area contributed by atoms with E-state index in [0.29, 0.717) is 24.2 Å². The van der Waals surface area contributed by atoms with Gasteiger partial charge in [0.15, 0.2) is 5.96 Å². The highest BCUT2D eigenvalue weighted by Gasteiger charge is 2.00. The Kier molecular flexibility index (Phi) is 8.86. The van der Waals surface area contributed by atoms with E-state index >= 15 is 0 Å². The van der Waals surface area contributed by atoms with Crippen molar-refractivity contribution in [3.63, 3.8) is 0 Å². The van der Waals surface area contributed by atoms with Gasteiger partial charge in [-0.25, -0.2) is 14.4 Å². The molecule has 4 nitrogen and oxygen atoms in total. The lowest BCUT2D eigenvalue weighted by Crippen LogP contribution is -2.36. The molecule has 0 saturated heterocycles. The predicted molar refractivity (Wildman–Crippen MR) is 103 cm³/mol. The summed E-state index contributed by atoms with van der Waals surface area (Å²) in [4.78, 5) is 8.49. The lowest BCUT2D eigenvalue weighted by molar-refractivity contribution is 0.624. The topological polar surface area (TPSA) is 49.3 Å². The number of hydrogen-bond donors (Lipinski definition) is 2. The number of nitrogens with zero attached hydrogens (tertiary/aromatic N) is 2. The van der Waals surface area contributed by atoms with Crippen molar-refractivity contribution < 1.29 is 4.39 Å². The molecule has 2 rings (SSSR count). The van der Waals surface area contributed by atoms with Crippen LogP contribution < -0.4 is 10.6 Å². The molecule has 0 radical (unpaired) electrons. The minimum atomic E-state index is -0.242. The molecule has 0 unspecified atom stereocenters. The molecule has 7 heteroatoms. The Morgan fingerprint density at radius 2 is 2.04 bits per heavy atom. The van der Waals surface area contributed by atoms with Crippen LogP contribution in [0.4, 0.5) is 4.39 Å². The van der Waals surface area contributed by atoms with E-state index in [0.717, 1.165) is 17.7 Å². The zero-order valence-electron chi connectivity index (χ0n) is 12.7. The zero-order valence-corrected chi connectivity index (χ0v) is 15.8. The van der Waals surface area contributed by atoms with Crippen LogP contribution in [0, 0.1) is 5.82 Å². The second kappa shape index (κ2) is 10.4. The Hall–Kier alpha value is -1.41. The number of halogens is 3. The predicted octanol–water partition coefficient (Wildman–Crippen LogP) is 3.75. The summed E-state index contributed by atoms with van der Waals surface area (Å²) in [5.41, 5.74) is 1.83. The van der Waals surface area contributed by atoms with Crippen LogP contribution in [0.25, 0.3) is 0 Å². The number of nitrogens with one attached hydrogen (secondary N) is 2. The van der Waals surface area contributed by atoms with E-state index in [-0.39, 0.29) is 29.8 Å². The number of pyridine rings is 1. The molecule has 0 spiro atoms. The zero-order chi connectivity index (χ0) is 15.8. The highest BCUT2D eigenvalue weighted by atomic mass is 127. The number of hydrogen-bond acceptors (Lipinski definition) is 2. The van der Waals surface area contributed by atoms with Crippen molar-refractivity contribution in [3.8, 4) is 0 Å². The van der Waals surface area contributed by atoms with E-state index in [1.54, 1.807) is 18.3 Å². The van der Waals surface area contributed by atoms with Gasteiger partial charge in [-0.15, -0.1) is 24.0 Å². The third-order valence-electron chi connectivity index (χ3n) is 2.90. The SMILES string of the molecule is CCNC(=NCc1ccc(Cl)nc1)NCc1cccc(F)c1.I. The van der Waals surface area contributed by atoms with Crippen LogP contribution in [0.5, 0.6) is 0 Å². The van der Waals surface area contributed by atoms with Gasteiger partial charge in [-0.1, -0.05) is 29.8 Å². The molecule has 0 atom stereocenters. The Morgan fingerprint density at radius 3 is 2.70 bits per heavy atom. The van der Waals surface area contributed by atoms with Gasteiger partial charge < -0.3 is 10.6 Å². The monoisotopic (exact) mass is 448 g/mol. The van der Waals surface area contributed by atoms with Gasteiger partial charge in [0.05, 0.1) is 6.54 Å². The van der Waals surface area contributed by atoms with Gasteiger partial charge >= 0.3 is 0 Å². The summed E-state index contributed by atoms with van der Waals surface area (Å²) in [7, 11) is 0. The van der Waals surface area contributed by atoms with E-state index < -0.39 is 0 Å². The van der Waals surface area contributed by atoms with Gasteiger partial charge in [-0.05, 0) is 36.2 Å². The summed E-state index contributed by atoms with van der Waals surface area (Å²) in [5.74, 6) is 0.426. The fourth-order valence-electron chi connectivity index (χ4n) is 1.84. The van der Waals surface area contributed by atoms with Gasteiger partial charge in [-0.3, -0.25) is 0 Å². The third kappa shape index (κ3) is 7.13. The lowest BCUT2D eigenvalue weighted by Gasteiger charge is -2.11. The molecular weight excluding hydrogens is 430 g/mol. The summed E-state index contributed by atoms with van der Waals surface area (Å²) >= 11 is 5.75. The molecule has 0 aliphatic carbocycles. The Labute approximate surface area is 157 Å². The molecule has 1 heterocycles. The van der Waals surface area contributed by atoms with Crippen molar-refractivity contribution in [2.75, 3.05) is 6.54 Å². The van der Waals surface area contributed by atoms with Gasteiger partial charge in [0, 0.05) is 19.3 Å². The van der Waals surface area contributed by atoms with Crippen molar-refractivity contribution >= 4 is 41.5 Å². The third-order valence-corrected chi connectivity index (χ3v) is 3.13. The Bertz CT molecular complexity index is 634. The maximum Gasteiger partial charge on any atom is 0.191 e. The molecule has 0 fully saturated rings. The molecule has 2 N–H and O–H groups in total. The van der Waals surface area contributed by atoms with E-state index in [1.165, 1.54) is 12.1 Å². The molecule has 1 aromatic heterocycles. The van der Waals surface area contributed by atoms with Crippen LogP contribution in [0.2, 0.25) is 5.15 Å². The fourth-order valence-corrected chi connectivity index (χ4v) is 1.96. The van der Waals surface area contributed by atoms with E-state index in [1.807, 2.05) is 19.1 Å². The van der Waals surface area contributed by atoms with Crippen LogP contribution in [0.1, 0.15) is 18.1 Å². The number of guanidine groups is 1. The molecule has 0 amide bonds. The minimum Gasteiger partial charge on any atom is -0.357 e. The average molecular weight is 449 g/mol. The number of rotatable bonds is 5. The number of benzene rings is 1. The van der Waals surface area contributed by atoms with E-state index in [2.05, 4.69) is 20.6 Å². The summed E-state index contributed by atoms with van der Waals surface area (Å²) < 4.78 is 13.2. The van der Waals surface area contributed by atoms with Crippen molar-refractivity contribution in [3.05, 3.63) is 64.7 Å². The van der Waals surface area contributed by atoms with E-state index in [4.69, 9.17) is 11.6 Å². The Balaban J connectivity index is 0.00000264. The molecular formula is C16H19ClFIN4. The van der Waals surface area contributed by atoms with Crippen LogP contribution in [-0.2, 0) is 13.1 Å². The van der Waals surface area contributed by atoms with Crippen LogP contribution in [0.15, 0.2) is 47.6 Å². The minimum absolute atomic E-state index is 0. The maximum atomic E-state index is 13.2. The largest absolute Gasteiger partial charge is 0.357 e. The fraction of sp³-hybridized carbons (Fsp3) is 0.250. The van der Waals surface area contributed by atoms with Gasteiger partial charge in [0.2, 0.25) is 0 Å². The number of aromatic nitrogens is 1. The van der Waals surface area contributed by atoms with Crippen molar-refractivity contribution in [2.45, 2.75) is 20.0 Å². The summed E-state index contributed by atoms with van der Waals surface area (Å²) in [6.07, 6.45) is 1.70. The molecule has 0 bridgehead atoms. The summed E-state index contributed by atoms with van der Waals surface area (Å²) in [6.45, 7) is 3.72. The van der Waals surface area contributed by atoms with Gasteiger partial charge in [0.25, 0.3) is 0 Å². The van der Waals surface area contributed by atoms with E-state index in [9.17, 15) is 4.39 Å². The van der Waals surface area contributed by atoms with Crippen LogP contribution in [-0.4, -0.2) is 17.5 Å². The average Bonchev–Trinajstić information content (AvgIpc) is 2.52. The second-order valence-electron chi connectivity index (χ2n) is 4.67. The van der Waals surface area contributed by atoms with Gasteiger partial charge in [-0.2, -0.15) is 0 Å². The highest BCUT2D eigenvalue weighted by Crippen LogP contribution is 2.06. The first-order valence-electron chi connectivity index (χ1n) is 7.04. The second-order valence-corrected chi connectivity index (χ2v) is 5.06. The molecule has 0 aliphatic heterocycles. The first-order chi connectivity index (χ1) is 10.7. The van der Waals surface area contributed by atoms with Crippen LogP contribution >= 0.6 is 35.6 Å². The molecule has 23 heavy (non-hydrogen) atoms. The first kappa shape index (κ1) is 19.6. The lowest BCUT2D eigenvalue weighted by atomic mass is 10.2. The Morgan fingerprint density at radius 1 is 1.22 bits per heavy atom. The number of aliphatic imine (C=N–C) groups is 1. The van der Waals surface area contributed by atoms with Crippen molar-refractivity contribution in [1.29, 1.82) is 0 Å². The molecule has 124 valence electrons. The molecule has 0 saturated carbocycles. The van der Waals surface area contributed by atoms with Crippen LogP contribution in [0.3, 0.4) is 0 Å². The summed E-state index contributed by atoms with van der Waals surface area (Å²) in [5, 5.41) is 6.78.